The van der Waals surface area contributed by atoms with Gasteiger partial charge in [0.1, 0.15) is 12.1 Å². The molecule has 8 heteroatoms. The van der Waals surface area contributed by atoms with Crippen LogP contribution < -0.4 is 17.2 Å². The molecule has 17 heavy (non-hydrogen) atoms. The van der Waals surface area contributed by atoms with Crippen LogP contribution in [0.4, 0.5) is 0 Å². The molecule has 0 saturated heterocycles. The molecule has 8 N–H and O–H groups in total. The maximum atomic E-state index is 10.0. The van der Waals surface area contributed by atoms with Crippen molar-refractivity contribution in [3.05, 3.63) is 0 Å². The molecule has 100 valence electrons. The predicted octanol–water partition coefficient (Wildman–Crippen LogP) is -1.67. The van der Waals surface area contributed by atoms with Crippen molar-refractivity contribution in [2.75, 3.05) is 0 Å². The number of carbonyl (C=O) groups excluding carboxylic acids is 1. The van der Waals surface area contributed by atoms with Crippen LogP contribution in [0.25, 0.3) is 0 Å². The van der Waals surface area contributed by atoms with Crippen LogP contribution in [0.5, 0.6) is 0 Å². The topological polar surface area (TPSA) is 170 Å². The molecule has 0 aromatic heterocycles. The van der Waals surface area contributed by atoms with E-state index >= 15 is 0 Å². The van der Waals surface area contributed by atoms with Crippen LogP contribution in [-0.2, 0) is 14.4 Å². The summed E-state index contributed by atoms with van der Waals surface area (Å²) < 4.78 is 0. The number of carbonyl (C=O) groups is 3. The summed E-state index contributed by atoms with van der Waals surface area (Å²) in [6.07, 6.45) is -0.310. The van der Waals surface area contributed by atoms with E-state index in [1.165, 1.54) is 0 Å². The maximum absolute atomic E-state index is 10.0. The summed E-state index contributed by atoms with van der Waals surface area (Å²) in [5, 5.41) is 16.3. The van der Waals surface area contributed by atoms with Gasteiger partial charge < -0.3 is 27.4 Å². The minimum atomic E-state index is -1.21. The van der Waals surface area contributed by atoms with Crippen molar-refractivity contribution in [1.29, 1.82) is 0 Å². The SMILES string of the molecule is CC(C)[C@@H](N)C(=O)O.NC(=O)C[C@H](N)C(=O)O. The molecule has 0 aliphatic rings. The number of nitrogens with two attached hydrogens (primary N) is 3. The summed E-state index contributed by atoms with van der Waals surface area (Å²) in [5.74, 6) is -2.83. The first-order valence-electron chi connectivity index (χ1n) is 4.84. The minimum Gasteiger partial charge on any atom is -0.480 e. The zero-order valence-electron chi connectivity index (χ0n) is 9.79. The van der Waals surface area contributed by atoms with Crippen LogP contribution >= 0.6 is 0 Å². The van der Waals surface area contributed by atoms with Gasteiger partial charge in [-0.2, -0.15) is 0 Å². The molecule has 0 fully saturated rings. The fourth-order valence-electron chi connectivity index (χ4n) is 0.589. The number of amides is 1. The summed E-state index contributed by atoms with van der Waals surface area (Å²) in [7, 11) is 0. The minimum absolute atomic E-state index is 0.0208. The molecule has 1 amide bonds. The number of aliphatic carboxylic acids is 2. The second-order valence-corrected chi connectivity index (χ2v) is 3.72. The molecule has 0 spiro atoms. The van der Waals surface area contributed by atoms with Gasteiger partial charge in [0.25, 0.3) is 0 Å². The highest BCUT2D eigenvalue weighted by Crippen LogP contribution is 1.96. The zero-order valence-corrected chi connectivity index (χ0v) is 9.79. The molecule has 0 bridgehead atoms. The third-order valence-electron chi connectivity index (χ3n) is 1.74. The summed E-state index contributed by atoms with van der Waals surface area (Å²) in [6.45, 7) is 3.55. The maximum Gasteiger partial charge on any atom is 0.321 e. The van der Waals surface area contributed by atoms with Gasteiger partial charge in [0.05, 0.1) is 6.42 Å². The Morgan fingerprint density at radius 2 is 1.47 bits per heavy atom. The fraction of sp³-hybridized carbons (Fsp3) is 0.667. The van der Waals surface area contributed by atoms with Gasteiger partial charge in [0.15, 0.2) is 0 Å². The molecule has 2 atom stereocenters. The molecule has 0 unspecified atom stereocenters. The third kappa shape index (κ3) is 10.6. The highest BCUT2D eigenvalue weighted by molar-refractivity contribution is 5.83. The van der Waals surface area contributed by atoms with Gasteiger partial charge >= 0.3 is 11.9 Å². The monoisotopic (exact) mass is 249 g/mol. The van der Waals surface area contributed by atoms with E-state index in [1.54, 1.807) is 13.8 Å². The number of rotatable bonds is 5. The molecule has 0 aliphatic carbocycles. The Labute approximate surface area is 98.8 Å². The van der Waals surface area contributed by atoms with Crippen molar-refractivity contribution in [2.24, 2.45) is 23.1 Å². The smallest absolute Gasteiger partial charge is 0.321 e. The van der Waals surface area contributed by atoms with Gasteiger partial charge in [0.2, 0.25) is 5.91 Å². The quantitative estimate of drug-likeness (QED) is 0.387. The summed E-state index contributed by atoms with van der Waals surface area (Å²) in [6, 6.07) is -1.88. The molecular weight excluding hydrogens is 230 g/mol. The van der Waals surface area contributed by atoms with Crippen LogP contribution in [0.15, 0.2) is 0 Å². The number of carboxylic acids is 2. The van der Waals surface area contributed by atoms with Gasteiger partial charge in [-0.3, -0.25) is 14.4 Å². The molecule has 0 aliphatic heterocycles. The first kappa shape index (κ1) is 17.7. The number of carboxylic acid groups (broad SMARTS) is 2. The lowest BCUT2D eigenvalue weighted by atomic mass is 10.1. The Bertz CT molecular complexity index is 280. The Hall–Kier alpha value is -1.67. The summed E-state index contributed by atoms with van der Waals surface area (Å²) in [4.78, 5) is 29.9. The fourth-order valence-corrected chi connectivity index (χ4v) is 0.589. The first-order valence-corrected chi connectivity index (χ1v) is 4.84. The normalized spacial score (nSPS) is 13.2. The Kier molecular flexibility index (Phi) is 8.84. The van der Waals surface area contributed by atoms with Crippen LogP contribution in [-0.4, -0.2) is 40.1 Å². The summed E-state index contributed by atoms with van der Waals surface area (Å²) in [5.41, 5.74) is 14.7. The van der Waals surface area contributed by atoms with E-state index in [1.807, 2.05) is 0 Å². The molecule has 0 rings (SSSR count). The predicted molar refractivity (Wildman–Crippen MR) is 59.9 cm³/mol. The van der Waals surface area contributed by atoms with Crippen LogP contribution in [0.1, 0.15) is 20.3 Å². The molecule has 8 nitrogen and oxygen atoms in total. The number of hydrogen-bond acceptors (Lipinski definition) is 5. The van der Waals surface area contributed by atoms with Crippen molar-refractivity contribution in [3.63, 3.8) is 0 Å². The van der Waals surface area contributed by atoms with Gasteiger partial charge in [-0.05, 0) is 5.92 Å². The zero-order chi connectivity index (χ0) is 14.2. The van der Waals surface area contributed by atoms with E-state index < -0.39 is 29.9 Å². The van der Waals surface area contributed by atoms with E-state index in [0.717, 1.165) is 0 Å². The van der Waals surface area contributed by atoms with Crippen LogP contribution in [0.3, 0.4) is 0 Å². The average Bonchev–Trinajstić information content (AvgIpc) is 2.15. The van der Waals surface area contributed by atoms with Gasteiger partial charge in [-0.1, -0.05) is 13.8 Å². The first-order chi connectivity index (χ1) is 7.59. The Morgan fingerprint density at radius 3 is 1.53 bits per heavy atom. The van der Waals surface area contributed by atoms with Crippen LogP contribution in [0.2, 0.25) is 0 Å². The second-order valence-electron chi connectivity index (χ2n) is 3.72. The Morgan fingerprint density at radius 1 is 1.06 bits per heavy atom. The van der Waals surface area contributed by atoms with Crippen molar-refractivity contribution < 1.29 is 24.6 Å². The van der Waals surface area contributed by atoms with E-state index in [9.17, 15) is 14.4 Å². The standard InChI is InChI=1S/C5H11NO2.C4H8N2O3/c1-3(2)4(6)5(7)8;5-2(4(8)9)1-3(6)7/h3-4H,6H2,1-2H3,(H,7,8);2H,1,5H2,(H2,6,7)(H,8,9)/t4-;2-/m10/s1. The van der Waals surface area contributed by atoms with Crippen molar-refractivity contribution >= 4 is 17.8 Å². The Balaban J connectivity index is 0. The number of primary amides is 1. The molecule has 0 radical (unpaired) electrons. The number of hydrogen-bond donors (Lipinski definition) is 5. The highest BCUT2D eigenvalue weighted by atomic mass is 16.4. The van der Waals surface area contributed by atoms with Crippen LogP contribution in [0, 0.1) is 5.92 Å². The van der Waals surface area contributed by atoms with Gasteiger partial charge in [-0.25, -0.2) is 0 Å². The van der Waals surface area contributed by atoms with E-state index in [-0.39, 0.29) is 12.3 Å². The molecule has 0 saturated carbocycles. The molecule has 0 heterocycles. The molecule has 0 aromatic carbocycles. The lowest BCUT2D eigenvalue weighted by Crippen LogP contribution is -2.34. The molecule has 0 aromatic rings. The lowest BCUT2D eigenvalue weighted by molar-refractivity contribution is -0.140. The average molecular weight is 249 g/mol. The van der Waals surface area contributed by atoms with Gasteiger partial charge in [0, 0.05) is 0 Å². The largest absolute Gasteiger partial charge is 0.480 e. The van der Waals surface area contributed by atoms with E-state index in [0.29, 0.717) is 0 Å². The van der Waals surface area contributed by atoms with E-state index in [2.05, 4.69) is 5.73 Å². The highest BCUT2D eigenvalue weighted by Gasteiger charge is 2.14. The second kappa shape index (κ2) is 8.48. The van der Waals surface area contributed by atoms with Crippen molar-refractivity contribution in [3.8, 4) is 0 Å². The third-order valence-corrected chi connectivity index (χ3v) is 1.74. The molecular formula is C9H19N3O5. The van der Waals surface area contributed by atoms with E-state index in [4.69, 9.17) is 21.7 Å². The lowest BCUT2D eigenvalue weighted by Gasteiger charge is -2.07. The summed E-state index contributed by atoms with van der Waals surface area (Å²) >= 11 is 0. The van der Waals surface area contributed by atoms with Crippen molar-refractivity contribution in [2.45, 2.75) is 32.4 Å². The van der Waals surface area contributed by atoms with Crippen molar-refractivity contribution in [1.82, 2.24) is 0 Å². The van der Waals surface area contributed by atoms with Gasteiger partial charge in [-0.15, -0.1) is 0 Å².